The van der Waals surface area contributed by atoms with Gasteiger partial charge in [0.2, 0.25) is 0 Å². The van der Waals surface area contributed by atoms with Gasteiger partial charge >= 0.3 is 0 Å². The summed E-state index contributed by atoms with van der Waals surface area (Å²) in [5.41, 5.74) is 2.66. The first-order valence-electron chi connectivity index (χ1n) is 6.11. The van der Waals surface area contributed by atoms with E-state index in [0.717, 1.165) is 5.92 Å². The molecule has 0 saturated heterocycles. The highest BCUT2D eigenvalue weighted by Crippen LogP contribution is 2.58. The average Bonchev–Trinajstić information content (AvgIpc) is 2.00. The molecule has 2 rings (SSSR count). The normalized spacial score (nSPS) is 41.9. The molecule has 0 radical (unpaired) electrons. The molecule has 0 nitrogen and oxygen atoms in total. The van der Waals surface area contributed by atoms with Crippen LogP contribution in [0.4, 0.5) is 0 Å². The third kappa shape index (κ3) is 1.53. The van der Waals surface area contributed by atoms with Gasteiger partial charge in [-0.1, -0.05) is 39.3 Å². The molecule has 0 aromatic carbocycles. The Morgan fingerprint density at radius 1 is 1.21 bits per heavy atom. The van der Waals surface area contributed by atoms with Gasteiger partial charge in [0.25, 0.3) is 0 Å². The van der Waals surface area contributed by atoms with Gasteiger partial charge in [-0.15, -0.1) is 0 Å². The topological polar surface area (TPSA) is 0 Å². The van der Waals surface area contributed by atoms with Crippen molar-refractivity contribution in [3.8, 4) is 0 Å². The van der Waals surface area contributed by atoms with Crippen molar-refractivity contribution in [1.29, 1.82) is 0 Å². The molecule has 2 fully saturated rings. The summed E-state index contributed by atoms with van der Waals surface area (Å²) in [4.78, 5) is 0. The lowest BCUT2D eigenvalue weighted by Crippen LogP contribution is -2.44. The number of allylic oxidation sites excluding steroid dienone is 1. The van der Waals surface area contributed by atoms with Gasteiger partial charge in [0.15, 0.2) is 0 Å². The SMILES string of the molecule is C=C1CC[C@H]2C(C)(C)CCC[C@@]2(C)C1. The Hall–Kier alpha value is -0.260. The molecule has 0 heteroatoms. The minimum atomic E-state index is 0.577. The van der Waals surface area contributed by atoms with Gasteiger partial charge < -0.3 is 0 Å². The lowest BCUT2D eigenvalue weighted by Gasteiger charge is -2.54. The minimum absolute atomic E-state index is 0.577. The van der Waals surface area contributed by atoms with Crippen LogP contribution in [0.25, 0.3) is 0 Å². The van der Waals surface area contributed by atoms with E-state index in [1.807, 2.05) is 0 Å². The molecule has 2 saturated carbocycles. The van der Waals surface area contributed by atoms with Gasteiger partial charge in [0, 0.05) is 0 Å². The average molecular weight is 192 g/mol. The van der Waals surface area contributed by atoms with Crippen molar-refractivity contribution in [2.45, 2.75) is 59.3 Å². The molecule has 0 unspecified atom stereocenters. The third-order valence-corrected chi connectivity index (χ3v) is 4.79. The molecule has 2 aliphatic rings. The third-order valence-electron chi connectivity index (χ3n) is 4.79. The highest BCUT2D eigenvalue weighted by atomic mass is 14.5. The van der Waals surface area contributed by atoms with Gasteiger partial charge in [-0.05, 0) is 48.9 Å². The zero-order valence-electron chi connectivity index (χ0n) is 10.0. The predicted octanol–water partition coefficient (Wildman–Crippen LogP) is 4.56. The maximum Gasteiger partial charge on any atom is -0.0255 e. The molecule has 0 amide bonds. The second-order valence-corrected chi connectivity index (χ2v) is 6.51. The second-order valence-electron chi connectivity index (χ2n) is 6.51. The van der Waals surface area contributed by atoms with Crippen LogP contribution < -0.4 is 0 Å². The van der Waals surface area contributed by atoms with E-state index in [2.05, 4.69) is 27.4 Å². The van der Waals surface area contributed by atoms with Crippen molar-refractivity contribution in [3.05, 3.63) is 12.2 Å². The number of hydrogen-bond acceptors (Lipinski definition) is 0. The highest BCUT2D eigenvalue weighted by molar-refractivity contribution is 5.10. The first-order valence-corrected chi connectivity index (χ1v) is 6.11. The van der Waals surface area contributed by atoms with Crippen LogP contribution in [0.3, 0.4) is 0 Å². The van der Waals surface area contributed by atoms with Crippen LogP contribution in [0.1, 0.15) is 59.3 Å². The van der Waals surface area contributed by atoms with E-state index in [-0.39, 0.29) is 0 Å². The van der Waals surface area contributed by atoms with E-state index in [9.17, 15) is 0 Å². The Kier molecular flexibility index (Phi) is 2.28. The van der Waals surface area contributed by atoms with E-state index >= 15 is 0 Å². The van der Waals surface area contributed by atoms with Crippen molar-refractivity contribution < 1.29 is 0 Å². The molecule has 0 spiro atoms. The maximum absolute atomic E-state index is 4.20. The minimum Gasteiger partial charge on any atom is -0.0998 e. The fourth-order valence-electron chi connectivity index (χ4n) is 4.20. The highest BCUT2D eigenvalue weighted by Gasteiger charge is 2.47. The largest absolute Gasteiger partial charge is 0.0998 e. The van der Waals surface area contributed by atoms with Crippen LogP contribution in [0.2, 0.25) is 0 Å². The maximum atomic E-state index is 4.20. The molecule has 80 valence electrons. The van der Waals surface area contributed by atoms with Gasteiger partial charge in [-0.2, -0.15) is 0 Å². The fraction of sp³-hybridized carbons (Fsp3) is 0.857. The van der Waals surface area contributed by atoms with E-state index < -0.39 is 0 Å². The summed E-state index contributed by atoms with van der Waals surface area (Å²) in [5, 5.41) is 0. The van der Waals surface area contributed by atoms with Crippen molar-refractivity contribution in [2.75, 3.05) is 0 Å². The van der Waals surface area contributed by atoms with Gasteiger partial charge in [-0.25, -0.2) is 0 Å². The smallest absolute Gasteiger partial charge is 0.0255 e. The molecule has 2 atom stereocenters. The van der Waals surface area contributed by atoms with Crippen LogP contribution in [0, 0.1) is 16.7 Å². The van der Waals surface area contributed by atoms with E-state index in [1.165, 1.54) is 44.1 Å². The number of rotatable bonds is 0. The summed E-state index contributed by atoms with van der Waals surface area (Å²) < 4.78 is 0. The van der Waals surface area contributed by atoms with Crippen molar-refractivity contribution >= 4 is 0 Å². The van der Waals surface area contributed by atoms with Gasteiger partial charge in [0.05, 0.1) is 0 Å². The Labute approximate surface area is 88.8 Å². The first-order chi connectivity index (χ1) is 6.44. The first kappa shape index (κ1) is 10.3. The fourth-order valence-corrected chi connectivity index (χ4v) is 4.20. The van der Waals surface area contributed by atoms with Gasteiger partial charge in [0.1, 0.15) is 0 Å². The lowest BCUT2D eigenvalue weighted by molar-refractivity contribution is -0.0168. The molecule has 0 aromatic heterocycles. The lowest BCUT2D eigenvalue weighted by atomic mass is 9.51. The van der Waals surface area contributed by atoms with Crippen LogP contribution in [-0.2, 0) is 0 Å². The number of fused-ring (bicyclic) bond motifs is 1. The Balaban J connectivity index is 2.25. The molecule has 0 heterocycles. The van der Waals surface area contributed by atoms with E-state index in [1.54, 1.807) is 0 Å². The molecule has 0 bridgehead atoms. The summed E-state index contributed by atoms with van der Waals surface area (Å²) in [6, 6.07) is 0. The van der Waals surface area contributed by atoms with E-state index in [4.69, 9.17) is 0 Å². The summed E-state index contributed by atoms with van der Waals surface area (Å²) in [5.74, 6) is 0.939. The zero-order valence-corrected chi connectivity index (χ0v) is 10.0. The van der Waals surface area contributed by atoms with Gasteiger partial charge in [-0.3, -0.25) is 0 Å². The second kappa shape index (κ2) is 3.12. The molecule has 0 aromatic rings. The predicted molar refractivity (Wildman–Crippen MR) is 62.2 cm³/mol. The van der Waals surface area contributed by atoms with Crippen molar-refractivity contribution in [3.63, 3.8) is 0 Å². The summed E-state index contributed by atoms with van der Waals surface area (Å²) >= 11 is 0. The van der Waals surface area contributed by atoms with Crippen LogP contribution in [-0.4, -0.2) is 0 Å². The Morgan fingerprint density at radius 3 is 2.64 bits per heavy atom. The molecule has 2 aliphatic carbocycles. The van der Waals surface area contributed by atoms with E-state index in [0.29, 0.717) is 10.8 Å². The Morgan fingerprint density at radius 2 is 1.93 bits per heavy atom. The Bertz CT molecular complexity index is 249. The van der Waals surface area contributed by atoms with Crippen molar-refractivity contribution in [2.24, 2.45) is 16.7 Å². The summed E-state index contributed by atoms with van der Waals surface area (Å²) in [6.07, 6.45) is 8.25. The standard InChI is InChI=1S/C14H24/c1-11-6-7-12-13(2,3)8-5-9-14(12,4)10-11/h12H,1,5-10H2,2-4H3/t12-,14-/m0/s1. The van der Waals surface area contributed by atoms with Crippen LogP contribution >= 0.6 is 0 Å². The molecule has 0 aliphatic heterocycles. The molecule has 0 N–H and O–H groups in total. The summed E-state index contributed by atoms with van der Waals surface area (Å²) in [7, 11) is 0. The summed E-state index contributed by atoms with van der Waals surface area (Å²) in [6.45, 7) is 11.7. The monoisotopic (exact) mass is 192 g/mol. The van der Waals surface area contributed by atoms with Crippen LogP contribution in [0.15, 0.2) is 12.2 Å². The molecular weight excluding hydrogens is 168 g/mol. The molecular formula is C14H24. The van der Waals surface area contributed by atoms with Crippen molar-refractivity contribution in [1.82, 2.24) is 0 Å². The number of hydrogen-bond donors (Lipinski definition) is 0. The molecule has 14 heavy (non-hydrogen) atoms. The zero-order chi connectivity index (χ0) is 10.4. The van der Waals surface area contributed by atoms with Crippen LogP contribution in [0.5, 0.6) is 0 Å². The quantitative estimate of drug-likeness (QED) is 0.494.